The topological polar surface area (TPSA) is 43.8 Å². The Balaban J connectivity index is 1.50. The quantitative estimate of drug-likeness (QED) is 0.880. The van der Waals surface area contributed by atoms with Gasteiger partial charge in [0.2, 0.25) is 5.91 Å². The zero-order valence-corrected chi connectivity index (χ0v) is 15.6. The molecule has 3 fully saturated rings. The summed E-state index contributed by atoms with van der Waals surface area (Å²) in [5, 5.41) is 9.74. The highest BCUT2D eigenvalue weighted by Gasteiger charge is 2.50. The van der Waals surface area contributed by atoms with Gasteiger partial charge in [0.15, 0.2) is 0 Å². The zero-order valence-electron chi connectivity index (χ0n) is 15.6. The average molecular weight is 360 g/mol. The fourth-order valence-corrected chi connectivity index (χ4v) is 5.15. The van der Waals surface area contributed by atoms with Gasteiger partial charge in [0.1, 0.15) is 5.82 Å². The SMILES string of the molecule is Cc1ccc(N2CCC[C@@]3(CCN(C4CCC(O)CC4)C3=O)C2)c(F)c1. The third-order valence-electron chi connectivity index (χ3n) is 6.67. The molecule has 0 bridgehead atoms. The number of likely N-dealkylation sites (tertiary alicyclic amines) is 1. The number of amides is 1. The van der Waals surface area contributed by atoms with E-state index in [-0.39, 0.29) is 29.3 Å². The van der Waals surface area contributed by atoms with Crippen LogP contribution in [0, 0.1) is 18.2 Å². The van der Waals surface area contributed by atoms with E-state index in [1.165, 1.54) is 0 Å². The van der Waals surface area contributed by atoms with Crippen LogP contribution >= 0.6 is 0 Å². The van der Waals surface area contributed by atoms with Crippen molar-refractivity contribution in [1.29, 1.82) is 0 Å². The number of piperidine rings is 1. The monoisotopic (exact) mass is 360 g/mol. The van der Waals surface area contributed by atoms with Gasteiger partial charge >= 0.3 is 0 Å². The van der Waals surface area contributed by atoms with Crippen LogP contribution in [0.1, 0.15) is 50.5 Å². The van der Waals surface area contributed by atoms with Gasteiger partial charge in [-0.15, -0.1) is 0 Å². The van der Waals surface area contributed by atoms with Crippen molar-refractivity contribution < 1.29 is 14.3 Å². The summed E-state index contributed by atoms with van der Waals surface area (Å²) in [6, 6.07) is 5.64. The lowest BCUT2D eigenvalue weighted by Crippen LogP contribution is -2.50. The number of hydrogen-bond acceptors (Lipinski definition) is 3. The minimum atomic E-state index is -0.356. The third-order valence-corrected chi connectivity index (χ3v) is 6.67. The van der Waals surface area contributed by atoms with E-state index in [0.717, 1.165) is 63.6 Å². The van der Waals surface area contributed by atoms with E-state index in [0.29, 0.717) is 12.2 Å². The summed E-state index contributed by atoms with van der Waals surface area (Å²) >= 11 is 0. The van der Waals surface area contributed by atoms with Crippen molar-refractivity contribution in [2.45, 2.75) is 64.0 Å². The first-order valence-corrected chi connectivity index (χ1v) is 9.99. The number of carbonyl (C=O) groups is 1. The lowest BCUT2D eigenvalue weighted by molar-refractivity contribution is -0.139. The molecule has 1 aromatic rings. The molecule has 2 heterocycles. The number of benzene rings is 1. The van der Waals surface area contributed by atoms with Crippen molar-refractivity contribution in [1.82, 2.24) is 4.90 Å². The molecular weight excluding hydrogens is 331 g/mol. The maximum Gasteiger partial charge on any atom is 0.230 e. The Morgan fingerprint density at radius 3 is 2.65 bits per heavy atom. The van der Waals surface area contributed by atoms with Crippen LogP contribution in [0.5, 0.6) is 0 Å². The van der Waals surface area contributed by atoms with Gasteiger partial charge in [-0.3, -0.25) is 4.79 Å². The predicted molar refractivity (Wildman–Crippen MR) is 99.6 cm³/mol. The maximum atomic E-state index is 14.5. The molecule has 1 atom stereocenters. The molecule has 0 radical (unpaired) electrons. The molecule has 1 amide bonds. The Morgan fingerprint density at radius 2 is 1.92 bits per heavy atom. The smallest absolute Gasteiger partial charge is 0.230 e. The number of aryl methyl sites for hydroxylation is 1. The summed E-state index contributed by atoms with van der Waals surface area (Å²) < 4.78 is 14.5. The predicted octanol–water partition coefficient (Wildman–Crippen LogP) is 3.26. The summed E-state index contributed by atoms with van der Waals surface area (Å²) in [7, 11) is 0. The summed E-state index contributed by atoms with van der Waals surface area (Å²) in [6.45, 7) is 4.14. The van der Waals surface area contributed by atoms with Crippen LogP contribution in [-0.4, -0.2) is 47.7 Å². The summed E-state index contributed by atoms with van der Waals surface area (Å²) in [5.74, 6) is 0.0710. The maximum absolute atomic E-state index is 14.5. The second-order valence-electron chi connectivity index (χ2n) is 8.47. The minimum Gasteiger partial charge on any atom is -0.393 e. The standard InChI is InChI=1S/C21H29FN2O2/c1-15-3-8-19(18(22)13-15)23-11-2-9-21(14-23)10-12-24(20(21)26)16-4-6-17(25)7-5-16/h3,8,13,16-17,25H,2,4-7,9-12,14H2,1H3/t16?,17?,21-/m1/s1. The first kappa shape index (κ1) is 17.8. The number of aliphatic hydroxyl groups is 1. The molecule has 0 unspecified atom stereocenters. The Kier molecular flexibility index (Phi) is 4.68. The molecule has 1 aliphatic carbocycles. The molecule has 2 saturated heterocycles. The van der Waals surface area contributed by atoms with Crippen molar-refractivity contribution in [3.8, 4) is 0 Å². The molecule has 1 saturated carbocycles. The summed E-state index contributed by atoms with van der Waals surface area (Å²) in [6.07, 6.45) is 5.89. The van der Waals surface area contributed by atoms with E-state index >= 15 is 0 Å². The average Bonchev–Trinajstić information content (AvgIpc) is 2.92. The van der Waals surface area contributed by atoms with Gasteiger partial charge in [0, 0.05) is 25.7 Å². The van der Waals surface area contributed by atoms with Gasteiger partial charge in [-0.2, -0.15) is 0 Å². The van der Waals surface area contributed by atoms with Crippen molar-refractivity contribution in [3.05, 3.63) is 29.6 Å². The van der Waals surface area contributed by atoms with Gasteiger partial charge in [-0.1, -0.05) is 6.07 Å². The number of rotatable bonds is 2. The van der Waals surface area contributed by atoms with E-state index in [1.54, 1.807) is 6.07 Å². The van der Waals surface area contributed by atoms with Crippen molar-refractivity contribution >= 4 is 11.6 Å². The molecule has 26 heavy (non-hydrogen) atoms. The molecule has 4 nitrogen and oxygen atoms in total. The number of nitrogens with zero attached hydrogens (tertiary/aromatic N) is 2. The highest BCUT2D eigenvalue weighted by Crippen LogP contribution is 2.43. The minimum absolute atomic E-state index is 0.189. The van der Waals surface area contributed by atoms with Crippen LogP contribution in [-0.2, 0) is 4.79 Å². The van der Waals surface area contributed by atoms with Gasteiger partial charge < -0.3 is 14.9 Å². The Labute approximate surface area is 155 Å². The third kappa shape index (κ3) is 3.11. The van der Waals surface area contributed by atoms with Gasteiger partial charge in [-0.05, 0) is 69.6 Å². The lowest BCUT2D eigenvalue weighted by Gasteiger charge is -2.41. The Morgan fingerprint density at radius 1 is 1.15 bits per heavy atom. The number of aliphatic hydroxyl groups excluding tert-OH is 1. The molecule has 142 valence electrons. The fourth-order valence-electron chi connectivity index (χ4n) is 5.15. The molecule has 2 aliphatic heterocycles. The molecule has 1 spiro atoms. The number of halogens is 1. The fraction of sp³-hybridized carbons (Fsp3) is 0.667. The molecule has 4 rings (SSSR count). The van der Waals surface area contributed by atoms with E-state index < -0.39 is 0 Å². The first-order valence-electron chi connectivity index (χ1n) is 9.99. The number of carbonyl (C=O) groups excluding carboxylic acids is 1. The van der Waals surface area contributed by atoms with Crippen LogP contribution in [0.4, 0.5) is 10.1 Å². The highest BCUT2D eigenvalue weighted by atomic mass is 19.1. The van der Waals surface area contributed by atoms with E-state index in [2.05, 4.69) is 9.80 Å². The molecular formula is C21H29FN2O2. The van der Waals surface area contributed by atoms with Crippen molar-refractivity contribution in [3.63, 3.8) is 0 Å². The molecule has 5 heteroatoms. The molecule has 1 aromatic carbocycles. The van der Waals surface area contributed by atoms with Gasteiger partial charge in [0.05, 0.1) is 17.2 Å². The van der Waals surface area contributed by atoms with Crippen molar-refractivity contribution in [2.24, 2.45) is 5.41 Å². The Bertz CT molecular complexity index is 687. The Hall–Kier alpha value is -1.62. The van der Waals surface area contributed by atoms with Crippen LogP contribution in [0.15, 0.2) is 18.2 Å². The van der Waals surface area contributed by atoms with E-state index in [4.69, 9.17) is 0 Å². The van der Waals surface area contributed by atoms with Gasteiger partial charge in [-0.25, -0.2) is 4.39 Å². The van der Waals surface area contributed by atoms with E-state index in [9.17, 15) is 14.3 Å². The van der Waals surface area contributed by atoms with Crippen LogP contribution in [0.3, 0.4) is 0 Å². The van der Waals surface area contributed by atoms with Crippen molar-refractivity contribution in [2.75, 3.05) is 24.5 Å². The normalized spacial score (nSPS) is 32.5. The largest absolute Gasteiger partial charge is 0.393 e. The first-order chi connectivity index (χ1) is 12.5. The number of hydrogen-bond donors (Lipinski definition) is 1. The molecule has 3 aliphatic rings. The second kappa shape index (κ2) is 6.84. The molecule has 0 aromatic heterocycles. The lowest BCUT2D eigenvalue weighted by atomic mass is 9.78. The highest BCUT2D eigenvalue weighted by molar-refractivity contribution is 5.86. The summed E-state index contributed by atoms with van der Waals surface area (Å²) in [5.41, 5.74) is 1.19. The number of anilines is 1. The van der Waals surface area contributed by atoms with Crippen LogP contribution in [0.25, 0.3) is 0 Å². The second-order valence-corrected chi connectivity index (χ2v) is 8.47. The molecule has 1 N–H and O–H groups in total. The van der Waals surface area contributed by atoms with Crippen LogP contribution < -0.4 is 4.90 Å². The zero-order chi connectivity index (χ0) is 18.3. The summed E-state index contributed by atoms with van der Waals surface area (Å²) in [4.78, 5) is 17.5. The van der Waals surface area contributed by atoms with Gasteiger partial charge in [0.25, 0.3) is 0 Å². The van der Waals surface area contributed by atoms with Crippen LogP contribution in [0.2, 0.25) is 0 Å². The van der Waals surface area contributed by atoms with E-state index in [1.807, 2.05) is 19.1 Å².